The highest BCUT2D eigenvalue weighted by Crippen LogP contribution is 2.15. The number of amides is 2. The number of rotatable bonds is 8. The molecule has 0 spiro atoms. The normalized spacial score (nSPS) is 13.5. The molecular formula is C17H25ClN2O3. The summed E-state index contributed by atoms with van der Waals surface area (Å²) in [6, 6.07) is 6.12. The Hall–Kier alpha value is -1.59. The Morgan fingerprint density at radius 2 is 1.83 bits per heavy atom. The van der Waals surface area contributed by atoms with Gasteiger partial charge in [-0.15, -0.1) is 0 Å². The maximum Gasteiger partial charge on any atom is 0.253 e. The first-order valence-corrected chi connectivity index (χ1v) is 8.09. The van der Waals surface area contributed by atoms with E-state index < -0.39 is 6.04 Å². The Kier molecular flexibility index (Phi) is 8.06. The summed E-state index contributed by atoms with van der Waals surface area (Å²) in [7, 11) is 1.62. The van der Waals surface area contributed by atoms with Gasteiger partial charge in [-0.25, -0.2) is 0 Å². The third-order valence-corrected chi connectivity index (χ3v) is 3.83. The van der Waals surface area contributed by atoms with Gasteiger partial charge in [0.1, 0.15) is 6.04 Å². The number of halogens is 1. The fourth-order valence-electron chi connectivity index (χ4n) is 2.10. The van der Waals surface area contributed by atoms with E-state index in [1.807, 2.05) is 20.8 Å². The second-order valence-electron chi connectivity index (χ2n) is 5.87. The van der Waals surface area contributed by atoms with Gasteiger partial charge in [0.05, 0.1) is 10.6 Å². The van der Waals surface area contributed by atoms with E-state index in [0.717, 1.165) is 0 Å². The summed E-state index contributed by atoms with van der Waals surface area (Å²) < 4.78 is 5.00. The molecule has 2 N–H and O–H groups in total. The highest BCUT2D eigenvalue weighted by Gasteiger charge is 2.26. The zero-order valence-corrected chi connectivity index (χ0v) is 14.8. The van der Waals surface area contributed by atoms with Gasteiger partial charge in [-0.2, -0.15) is 0 Å². The van der Waals surface area contributed by atoms with Gasteiger partial charge in [0.25, 0.3) is 5.91 Å². The Morgan fingerprint density at radius 3 is 2.39 bits per heavy atom. The van der Waals surface area contributed by atoms with Crippen LogP contribution in [0.5, 0.6) is 0 Å². The minimum Gasteiger partial charge on any atom is -0.385 e. The van der Waals surface area contributed by atoms with Gasteiger partial charge in [-0.1, -0.05) is 37.6 Å². The Labute approximate surface area is 142 Å². The fraction of sp³-hybridized carbons (Fsp3) is 0.529. The summed E-state index contributed by atoms with van der Waals surface area (Å²) in [5, 5.41) is 6.03. The van der Waals surface area contributed by atoms with Crippen LogP contribution in [0.25, 0.3) is 0 Å². The first kappa shape index (κ1) is 19.5. The van der Waals surface area contributed by atoms with Gasteiger partial charge in [-0.05, 0) is 31.4 Å². The number of methoxy groups -OCH3 is 1. The maximum absolute atomic E-state index is 12.4. The lowest BCUT2D eigenvalue weighted by atomic mass is 10.0. The molecule has 0 saturated carbocycles. The smallest absolute Gasteiger partial charge is 0.253 e. The van der Waals surface area contributed by atoms with Crippen molar-refractivity contribution in [2.24, 2.45) is 5.92 Å². The van der Waals surface area contributed by atoms with Crippen molar-refractivity contribution in [2.45, 2.75) is 39.3 Å². The van der Waals surface area contributed by atoms with Gasteiger partial charge in [0, 0.05) is 19.8 Å². The summed E-state index contributed by atoms with van der Waals surface area (Å²) in [5.41, 5.74) is 0.361. The van der Waals surface area contributed by atoms with E-state index >= 15 is 0 Å². The highest BCUT2D eigenvalue weighted by molar-refractivity contribution is 6.33. The molecule has 5 nitrogen and oxygen atoms in total. The molecule has 6 heteroatoms. The third-order valence-electron chi connectivity index (χ3n) is 3.50. The van der Waals surface area contributed by atoms with E-state index in [2.05, 4.69) is 10.6 Å². The molecule has 0 aromatic heterocycles. The predicted octanol–water partition coefficient (Wildman–Crippen LogP) is 2.64. The van der Waals surface area contributed by atoms with E-state index in [0.29, 0.717) is 23.6 Å². The third kappa shape index (κ3) is 6.20. The van der Waals surface area contributed by atoms with Crippen molar-refractivity contribution in [1.82, 2.24) is 10.6 Å². The molecule has 0 bridgehead atoms. The summed E-state index contributed by atoms with van der Waals surface area (Å²) in [4.78, 5) is 24.8. The Balaban J connectivity index is 2.73. The molecule has 0 radical (unpaired) electrons. The standard InChI is InChI=1S/C17H25ClN2O3/c1-11(2)15(17(22)19-12(3)9-10-23-4)20-16(21)13-7-5-6-8-14(13)18/h5-8,11-12,15H,9-10H2,1-4H3,(H,19,22)(H,20,21)/t12-,15-/m0/s1. The molecule has 0 unspecified atom stereocenters. The minimum atomic E-state index is -0.622. The predicted molar refractivity (Wildman–Crippen MR) is 91.6 cm³/mol. The van der Waals surface area contributed by atoms with E-state index in [9.17, 15) is 9.59 Å². The van der Waals surface area contributed by atoms with Crippen molar-refractivity contribution >= 4 is 23.4 Å². The molecular weight excluding hydrogens is 316 g/mol. The average Bonchev–Trinajstić information content (AvgIpc) is 2.50. The summed E-state index contributed by atoms with van der Waals surface area (Å²) in [6.07, 6.45) is 0.714. The molecule has 0 heterocycles. The number of hydrogen-bond donors (Lipinski definition) is 2. The molecule has 1 aromatic rings. The molecule has 0 fully saturated rings. The van der Waals surface area contributed by atoms with Crippen LogP contribution in [0.2, 0.25) is 5.02 Å². The molecule has 128 valence electrons. The first-order chi connectivity index (χ1) is 10.9. The van der Waals surface area contributed by atoms with Crippen LogP contribution in [0.15, 0.2) is 24.3 Å². The topological polar surface area (TPSA) is 67.4 Å². The Morgan fingerprint density at radius 1 is 1.17 bits per heavy atom. The van der Waals surface area contributed by atoms with Crippen molar-refractivity contribution in [3.05, 3.63) is 34.9 Å². The number of nitrogens with one attached hydrogen (secondary N) is 2. The lowest BCUT2D eigenvalue weighted by molar-refractivity contribution is -0.124. The number of carbonyl (C=O) groups is 2. The molecule has 1 rings (SSSR count). The van der Waals surface area contributed by atoms with Crippen LogP contribution < -0.4 is 10.6 Å². The van der Waals surface area contributed by atoms with Gasteiger partial charge in [0.2, 0.25) is 5.91 Å². The molecule has 0 saturated heterocycles. The van der Waals surface area contributed by atoms with Crippen LogP contribution in [0.3, 0.4) is 0 Å². The molecule has 2 atom stereocenters. The molecule has 0 aliphatic heterocycles. The van der Waals surface area contributed by atoms with Gasteiger partial charge in [-0.3, -0.25) is 9.59 Å². The lowest BCUT2D eigenvalue weighted by Crippen LogP contribution is -2.51. The van der Waals surface area contributed by atoms with Crippen LogP contribution >= 0.6 is 11.6 Å². The number of hydrogen-bond acceptors (Lipinski definition) is 3. The summed E-state index contributed by atoms with van der Waals surface area (Å²) >= 11 is 6.03. The average molecular weight is 341 g/mol. The molecule has 2 amide bonds. The number of carbonyl (C=O) groups excluding carboxylic acids is 2. The summed E-state index contributed by atoms with van der Waals surface area (Å²) in [6.45, 7) is 6.25. The first-order valence-electron chi connectivity index (χ1n) is 7.71. The van der Waals surface area contributed by atoms with E-state index in [4.69, 9.17) is 16.3 Å². The number of ether oxygens (including phenoxy) is 1. The monoisotopic (exact) mass is 340 g/mol. The van der Waals surface area contributed by atoms with Crippen LogP contribution in [0, 0.1) is 5.92 Å². The summed E-state index contributed by atoms with van der Waals surface area (Å²) in [5.74, 6) is -0.603. The molecule has 0 aliphatic rings. The van der Waals surface area contributed by atoms with E-state index in [1.54, 1.807) is 31.4 Å². The van der Waals surface area contributed by atoms with E-state index in [-0.39, 0.29) is 23.8 Å². The minimum absolute atomic E-state index is 0.0269. The van der Waals surface area contributed by atoms with Crippen molar-refractivity contribution < 1.29 is 14.3 Å². The van der Waals surface area contributed by atoms with Crippen molar-refractivity contribution in [3.63, 3.8) is 0 Å². The largest absolute Gasteiger partial charge is 0.385 e. The van der Waals surface area contributed by atoms with Gasteiger partial charge < -0.3 is 15.4 Å². The van der Waals surface area contributed by atoms with Crippen molar-refractivity contribution in [3.8, 4) is 0 Å². The molecule has 23 heavy (non-hydrogen) atoms. The lowest BCUT2D eigenvalue weighted by Gasteiger charge is -2.24. The Bertz CT molecular complexity index is 534. The zero-order chi connectivity index (χ0) is 17.4. The van der Waals surface area contributed by atoms with Crippen molar-refractivity contribution in [1.29, 1.82) is 0 Å². The molecule has 0 aliphatic carbocycles. The van der Waals surface area contributed by atoms with Crippen LogP contribution in [-0.2, 0) is 9.53 Å². The second kappa shape index (κ2) is 9.53. The highest BCUT2D eigenvalue weighted by atomic mass is 35.5. The SMILES string of the molecule is COCC[C@H](C)NC(=O)[C@@H](NC(=O)c1ccccc1Cl)C(C)C. The van der Waals surface area contributed by atoms with Crippen LogP contribution in [0.4, 0.5) is 0 Å². The number of benzene rings is 1. The van der Waals surface area contributed by atoms with Crippen LogP contribution in [0.1, 0.15) is 37.6 Å². The van der Waals surface area contributed by atoms with Gasteiger partial charge >= 0.3 is 0 Å². The fourth-order valence-corrected chi connectivity index (χ4v) is 2.32. The quantitative estimate of drug-likeness (QED) is 0.764. The van der Waals surface area contributed by atoms with E-state index in [1.165, 1.54) is 0 Å². The van der Waals surface area contributed by atoms with Crippen LogP contribution in [-0.4, -0.2) is 37.6 Å². The zero-order valence-electron chi connectivity index (χ0n) is 14.1. The van der Waals surface area contributed by atoms with Gasteiger partial charge in [0.15, 0.2) is 0 Å². The van der Waals surface area contributed by atoms with Crippen molar-refractivity contribution in [2.75, 3.05) is 13.7 Å². The maximum atomic E-state index is 12.4. The second-order valence-corrected chi connectivity index (χ2v) is 6.27. The molecule has 1 aromatic carbocycles.